The van der Waals surface area contributed by atoms with Crippen LogP contribution in [0.1, 0.15) is 0 Å². The molecule has 2 rings (SSSR count). The Kier molecular flexibility index (Phi) is 1.72. The summed E-state index contributed by atoms with van der Waals surface area (Å²) in [5, 5.41) is 0. The first-order chi connectivity index (χ1) is 5.29. The van der Waals surface area contributed by atoms with Gasteiger partial charge in [-0.3, -0.25) is 2.78 Å². The Hall–Kier alpha value is -0.360. The number of aromatic nitrogens is 2. The van der Waals surface area contributed by atoms with Gasteiger partial charge in [0.25, 0.3) is 0 Å². The summed E-state index contributed by atoms with van der Waals surface area (Å²) >= 11 is 7.23. The molecule has 2 aromatic rings. The average Bonchev–Trinajstić information content (AvgIpc) is 2.30. The standard InChI is InChI=1S/C7H5IN2S/c8-10-6-4-2-1-3-5(6)9-7(10)11/h1-4H,(H,9,11). The van der Waals surface area contributed by atoms with Gasteiger partial charge in [0.05, 0.1) is 33.9 Å². The summed E-state index contributed by atoms with van der Waals surface area (Å²) in [6.45, 7) is 0. The molecule has 0 spiro atoms. The van der Waals surface area contributed by atoms with E-state index in [1.807, 2.05) is 27.0 Å². The van der Waals surface area contributed by atoms with Crippen molar-refractivity contribution in [2.45, 2.75) is 0 Å². The second-order valence-electron chi connectivity index (χ2n) is 2.23. The number of nitrogens with one attached hydrogen (secondary N) is 1. The molecular formula is C7H5IN2S. The molecule has 56 valence electrons. The molecule has 0 aliphatic rings. The third-order valence-corrected chi connectivity index (χ3v) is 3.15. The van der Waals surface area contributed by atoms with Crippen LogP contribution in [-0.2, 0) is 0 Å². The third kappa shape index (κ3) is 1.10. The molecule has 4 heteroatoms. The molecule has 0 fully saturated rings. The molecule has 2 nitrogen and oxygen atoms in total. The number of H-pyrrole nitrogens is 1. The predicted octanol–water partition coefficient (Wildman–Crippen LogP) is 2.90. The van der Waals surface area contributed by atoms with Gasteiger partial charge < -0.3 is 4.98 Å². The van der Waals surface area contributed by atoms with Crippen molar-refractivity contribution < 1.29 is 0 Å². The number of rotatable bonds is 0. The largest absolute Gasteiger partial charge is 0.330 e. The maximum Gasteiger partial charge on any atom is 0.187 e. The number of hydrogen-bond acceptors (Lipinski definition) is 1. The van der Waals surface area contributed by atoms with E-state index < -0.39 is 0 Å². The maximum absolute atomic E-state index is 5.05. The molecular weight excluding hydrogens is 271 g/mol. The molecule has 0 bridgehead atoms. The molecule has 1 aromatic heterocycles. The molecule has 11 heavy (non-hydrogen) atoms. The number of halogens is 1. The van der Waals surface area contributed by atoms with Crippen molar-refractivity contribution in [3.63, 3.8) is 0 Å². The highest BCUT2D eigenvalue weighted by Crippen LogP contribution is 2.15. The summed E-state index contributed by atoms with van der Waals surface area (Å²) in [5.41, 5.74) is 2.23. The summed E-state index contributed by atoms with van der Waals surface area (Å²) < 4.78 is 2.69. The fraction of sp³-hybridized carbons (Fsp3) is 0. The molecule has 1 aromatic carbocycles. The van der Waals surface area contributed by atoms with Crippen LogP contribution < -0.4 is 0 Å². The van der Waals surface area contributed by atoms with Gasteiger partial charge in [-0.15, -0.1) is 0 Å². The van der Waals surface area contributed by atoms with Gasteiger partial charge >= 0.3 is 0 Å². The fourth-order valence-corrected chi connectivity index (χ4v) is 1.77. The van der Waals surface area contributed by atoms with Gasteiger partial charge in [-0.2, -0.15) is 0 Å². The highest BCUT2D eigenvalue weighted by Gasteiger charge is 1.97. The summed E-state index contributed by atoms with van der Waals surface area (Å²) in [6.07, 6.45) is 0. The number of imidazole rings is 1. The number of fused-ring (bicyclic) bond motifs is 1. The summed E-state index contributed by atoms with van der Waals surface area (Å²) in [5.74, 6) is 0. The molecule has 0 radical (unpaired) electrons. The van der Waals surface area contributed by atoms with Crippen LogP contribution >= 0.6 is 35.1 Å². The minimum absolute atomic E-state index is 0.756. The van der Waals surface area contributed by atoms with Crippen molar-refractivity contribution in [3.05, 3.63) is 29.0 Å². The van der Waals surface area contributed by atoms with Crippen molar-refractivity contribution in [3.8, 4) is 0 Å². The molecule has 0 saturated heterocycles. The number of nitrogens with zero attached hydrogens (tertiary/aromatic N) is 1. The van der Waals surface area contributed by atoms with E-state index >= 15 is 0 Å². The Labute approximate surface area is 82.7 Å². The van der Waals surface area contributed by atoms with Gasteiger partial charge in [0.15, 0.2) is 4.77 Å². The first-order valence-electron chi connectivity index (χ1n) is 3.15. The second-order valence-corrected chi connectivity index (χ2v) is 3.58. The Morgan fingerprint density at radius 1 is 1.36 bits per heavy atom. The zero-order chi connectivity index (χ0) is 7.84. The van der Waals surface area contributed by atoms with Crippen LogP contribution in [0.2, 0.25) is 0 Å². The van der Waals surface area contributed by atoms with Crippen molar-refractivity contribution in [2.75, 3.05) is 0 Å². The zero-order valence-corrected chi connectivity index (χ0v) is 8.52. The lowest BCUT2D eigenvalue weighted by Gasteiger charge is -1.88. The molecule has 0 aliphatic carbocycles. The van der Waals surface area contributed by atoms with Crippen LogP contribution in [-0.4, -0.2) is 7.76 Å². The van der Waals surface area contributed by atoms with Crippen LogP contribution in [0, 0.1) is 4.77 Å². The summed E-state index contributed by atoms with van der Waals surface area (Å²) in [4.78, 5) is 3.10. The molecule has 0 saturated carbocycles. The van der Waals surface area contributed by atoms with Crippen molar-refractivity contribution in [1.82, 2.24) is 7.76 Å². The van der Waals surface area contributed by atoms with Gasteiger partial charge in [0.2, 0.25) is 0 Å². The van der Waals surface area contributed by atoms with Gasteiger partial charge in [0, 0.05) is 0 Å². The Bertz CT molecular complexity index is 443. The highest BCUT2D eigenvalue weighted by molar-refractivity contribution is 14.1. The van der Waals surface area contributed by atoms with Gasteiger partial charge in [-0.25, -0.2) is 0 Å². The average molecular weight is 276 g/mol. The lowest BCUT2D eigenvalue weighted by molar-refractivity contribution is 1.27. The molecule has 0 aliphatic heterocycles. The summed E-state index contributed by atoms with van der Waals surface area (Å²) in [6, 6.07) is 8.04. The second kappa shape index (κ2) is 2.60. The van der Waals surface area contributed by atoms with Crippen LogP contribution in [0.25, 0.3) is 11.0 Å². The Morgan fingerprint density at radius 2 is 2.09 bits per heavy atom. The van der Waals surface area contributed by atoms with Crippen LogP contribution in [0.15, 0.2) is 24.3 Å². The first-order valence-corrected chi connectivity index (χ1v) is 4.52. The molecule has 1 heterocycles. The number of aromatic amines is 1. The van der Waals surface area contributed by atoms with E-state index in [0.717, 1.165) is 15.8 Å². The minimum atomic E-state index is 0.756. The van der Waals surface area contributed by atoms with Gasteiger partial charge in [-0.1, -0.05) is 12.1 Å². The van der Waals surface area contributed by atoms with E-state index in [2.05, 4.69) is 27.8 Å². The fourth-order valence-electron chi connectivity index (χ4n) is 1.02. The summed E-state index contributed by atoms with van der Waals surface area (Å²) in [7, 11) is 0. The van der Waals surface area contributed by atoms with Crippen molar-refractivity contribution >= 4 is 46.1 Å². The SMILES string of the molecule is S=c1[nH]c2ccccc2n1I. The van der Waals surface area contributed by atoms with Gasteiger partial charge in [0.1, 0.15) is 0 Å². The van der Waals surface area contributed by atoms with Crippen LogP contribution in [0.5, 0.6) is 0 Å². The van der Waals surface area contributed by atoms with Crippen LogP contribution in [0.3, 0.4) is 0 Å². The molecule has 0 amide bonds. The Balaban J connectivity index is 3.04. The van der Waals surface area contributed by atoms with Gasteiger partial charge in [-0.05, 0) is 24.4 Å². The van der Waals surface area contributed by atoms with Crippen LogP contribution in [0.4, 0.5) is 0 Å². The Morgan fingerprint density at radius 3 is 2.82 bits per heavy atom. The number of hydrogen-bond donors (Lipinski definition) is 1. The third-order valence-electron chi connectivity index (χ3n) is 1.54. The lowest BCUT2D eigenvalue weighted by Crippen LogP contribution is -1.74. The molecule has 1 N–H and O–H groups in total. The van der Waals surface area contributed by atoms with E-state index in [0.29, 0.717) is 0 Å². The van der Waals surface area contributed by atoms with E-state index in [1.54, 1.807) is 0 Å². The van der Waals surface area contributed by atoms with E-state index in [1.165, 1.54) is 0 Å². The minimum Gasteiger partial charge on any atom is -0.330 e. The lowest BCUT2D eigenvalue weighted by atomic mass is 10.3. The van der Waals surface area contributed by atoms with E-state index in [4.69, 9.17) is 12.2 Å². The number of para-hydroxylation sites is 2. The normalized spacial score (nSPS) is 10.6. The number of benzene rings is 1. The van der Waals surface area contributed by atoms with E-state index in [-0.39, 0.29) is 0 Å². The first kappa shape index (κ1) is 7.30. The van der Waals surface area contributed by atoms with Crippen molar-refractivity contribution in [1.29, 1.82) is 0 Å². The predicted molar refractivity (Wildman–Crippen MR) is 56.5 cm³/mol. The van der Waals surface area contributed by atoms with E-state index in [9.17, 15) is 0 Å². The molecule has 0 atom stereocenters. The monoisotopic (exact) mass is 276 g/mol. The topological polar surface area (TPSA) is 20.7 Å². The quantitative estimate of drug-likeness (QED) is 0.579. The zero-order valence-electron chi connectivity index (χ0n) is 5.54. The highest BCUT2D eigenvalue weighted by atomic mass is 127. The van der Waals surface area contributed by atoms with Crippen molar-refractivity contribution in [2.24, 2.45) is 0 Å². The maximum atomic E-state index is 5.05. The molecule has 0 unspecified atom stereocenters. The smallest absolute Gasteiger partial charge is 0.187 e.